The maximum absolute atomic E-state index is 13.0. The van der Waals surface area contributed by atoms with Crippen LogP contribution >= 0.6 is 11.6 Å². The highest BCUT2D eigenvalue weighted by molar-refractivity contribution is 6.30. The van der Waals surface area contributed by atoms with E-state index < -0.39 is 41.6 Å². The average molecular weight is 389 g/mol. The van der Waals surface area contributed by atoms with Crippen LogP contribution in [0.25, 0.3) is 0 Å². The third-order valence-corrected chi connectivity index (χ3v) is 3.52. The van der Waals surface area contributed by atoms with Crippen molar-refractivity contribution in [2.75, 3.05) is 11.9 Å². The van der Waals surface area contributed by atoms with Crippen LogP contribution in [-0.4, -0.2) is 18.4 Å². The molecule has 138 valence electrons. The maximum Gasteiger partial charge on any atom is 0.418 e. The van der Waals surface area contributed by atoms with Crippen LogP contribution in [0.15, 0.2) is 42.5 Å². The molecule has 0 heterocycles. The van der Waals surface area contributed by atoms with Crippen molar-refractivity contribution >= 4 is 29.1 Å². The van der Waals surface area contributed by atoms with Gasteiger partial charge in [-0.25, -0.2) is 4.39 Å². The maximum atomic E-state index is 13.0. The summed E-state index contributed by atoms with van der Waals surface area (Å²) >= 11 is 5.56. The predicted octanol–water partition coefficient (Wildman–Crippen LogP) is 3.80. The lowest BCUT2D eigenvalue weighted by Gasteiger charge is -2.14. The summed E-state index contributed by atoms with van der Waals surface area (Å²) < 4.78 is 51.7. The summed E-state index contributed by atoms with van der Waals surface area (Å²) in [7, 11) is 0. The van der Waals surface area contributed by atoms with Crippen LogP contribution in [0.2, 0.25) is 5.02 Å². The number of carbonyl (C=O) groups is 2. The van der Waals surface area contributed by atoms with Gasteiger partial charge in [0.15, 0.2) is 0 Å². The second kappa shape index (κ2) is 8.18. The standard InChI is InChI=1S/C17H13ClF4N2O2/c18-11-3-6-14(13(8-11)17(20,21)22)24-16(26)9-23-15(25)7-10-1-4-12(19)5-2-10/h1-6,8H,7,9H2,(H,23,25)(H,24,26). The number of hydrogen-bond donors (Lipinski definition) is 2. The summed E-state index contributed by atoms with van der Waals surface area (Å²) in [4.78, 5) is 23.5. The molecule has 0 saturated heterocycles. The molecule has 0 spiro atoms. The van der Waals surface area contributed by atoms with E-state index in [9.17, 15) is 27.2 Å². The lowest BCUT2D eigenvalue weighted by Crippen LogP contribution is -2.34. The Balaban J connectivity index is 1.93. The lowest BCUT2D eigenvalue weighted by atomic mass is 10.1. The van der Waals surface area contributed by atoms with Crippen molar-refractivity contribution in [1.82, 2.24) is 5.32 Å². The number of amides is 2. The summed E-state index contributed by atoms with van der Waals surface area (Å²) in [6.45, 7) is -0.514. The molecule has 4 nitrogen and oxygen atoms in total. The summed E-state index contributed by atoms with van der Waals surface area (Å²) in [5, 5.41) is 4.25. The second-order valence-electron chi connectivity index (χ2n) is 5.32. The first-order chi connectivity index (χ1) is 12.1. The van der Waals surface area contributed by atoms with Gasteiger partial charge in [0, 0.05) is 5.02 Å². The van der Waals surface area contributed by atoms with E-state index in [1.807, 2.05) is 0 Å². The summed E-state index contributed by atoms with van der Waals surface area (Å²) in [6.07, 6.45) is -4.79. The second-order valence-corrected chi connectivity index (χ2v) is 5.75. The fourth-order valence-electron chi connectivity index (χ4n) is 2.08. The first kappa shape index (κ1) is 19.7. The van der Waals surface area contributed by atoms with E-state index in [0.717, 1.165) is 6.07 Å². The largest absolute Gasteiger partial charge is 0.418 e. The minimum Gasteiger partial charge on any atom is -0.347 e. The Bertz CT molecular complexity index is 807. The fraction of sp³-hybridized carbons (Fsp3) is 0.176. The molecule has 0 unspecified atom stereocenters. The molecule has 0 aromatic heterocycles. The number of halogens is 5. The molecule has 0 bridgehead atoms. The molecule has 0 radical (unpaired) electrons. The van der Waals surface area contributed by atoms with E-state index >= 15 is 0 Å². The molecule has 2 aromatic rings. The molecule has 0 fully saturated rings. The van der Waals surface area contributed by atoms with E-state index in [1.54, 1.807) is 0 Å². The molecule has 2 N–H and O–H groups in total. The van der Waals surface area contributed by atoms with Crippen LogP contribution in [0.1, 0.15) is 11.1 Å². The van der Waals surface area contributed by atoms with Gasteiger partial charge in [-0.05, 0) is 35.9 Å². The number of rotatable bonds is 5. The smallest absolute Gasteiger partial charge is 0.347 e. The number of benzene rings is 2. The molecule has 2 rings (SSSR count). The first-order valence-corrected chi connectivity index (χ1v) is 7.70. The Morgan fingerprint density at radius 2 is 1.65 bits per heavy atom. The van der Waals surface area contributed by atoms with Crippen molar-refractivity contribution < 1.29 is 27.2 Å². The summed E-state index contributed by atoms with van der Waals surface area (Å²) in [5.74, 6) is -1.80. The van der Waals surface area contributed by atoms with E-state index in [-0.39, 0.29) is 11.4 Å². The normalized spacial score (nSPS) is 11.1. The van der Waals surface area contributed by atoms with Gasteiger partial charge in [-0.1, -0.05) is 23.7 Å². The fourth-order valence-corrected chi connectivity index (χ4v) is 2.26. The SMILES string of the molecule is O=C(Cc1ccc(F)cc1)NCC(=O)Nc1ccc(Cl)cc1C(F)(F)F. The van der Waals surface area contributed by atoms with E-state index in [0.29, 0.717) is 11.6 Å². The Morgan fingerprint density at radius 1 is 1.00 bits per heavy atom. The molecule has 2 amide bonds. The third kappa shape index (κ3) is 5.73. The highest BCUT2D eigenvalue weighted by Crippen LogP contribution is 2.36. The van der Waals surface area contributed by atoms with E-state index in [2.05, 4.69) is 10.6 Å². The van der Waals surface area contributed by atoms with Gasteiger partial charge in [0.1, 0.15) is 5.82 Å². The van der Waals surface area contributed by atoms with Crippen LogP contribution in [0.5, 0.6) is 0 Å². The molecule has 2 aromatic carbocycles. The predicted molar refractivity (Wildman–Crippen MR) is 88.2 cm³/mol. The third-order valence-electron chi connectivity index (χ3n) is 3.29. The minimum absolute atomic E-state index is 0.0949. The van der Waals surface area contributed by atoms with E-state index in [1.165, 1.54) is 30.3 Å². The van der Waals surface area contributed by atoms with Crippen molar-refractivity contribution in [3.8, 4) is 0 Å². The van der Waals surface area contributed by atoms with Gasteiger partial charge in [-0.2, -0.15) is 13.2 Å². The zero-order valence-electron chi connectivity index (χ0n) is 13.2. The molecule has 0 aliphatic heterocycles. The molecule has 26 heavy (non-hydrogen) atoms. The molecule has 9 heteroatoms. The van der Waals surface area contributed by atoms with Gasteiger partial charge >= 0.3 is 6.18 Å². The molecular weight excluding hydrogens is 376 g/mol. The molecule has 0 aliphatic rings. The van der Waals surface area contributed by atoms with Gasteiger partial charge in [-0.3, -0.25) is 9.59 Å². The van der Waals surface area contributed by atoms with Gasteiger partial charge in [0.05, 0.1) is 24.2 Å². The van der Waals surface area contributed by atoms with Crippen LogP contribution in [0, 0.1) is 5.82 Å². The number of carbonyl (C=O) groups excluding carboxylic acids is 2. The summed E-state index contributed by atoms with van der Waals surface area (Å²) in [6, 6.07) is 8.15. The lowest BCUT2D eigenvalue weighted by molar-refractivity contribution is -0.137. The Labute approximate surface area is 151 Å². The number of hydrogen-bond acceptors (Lipinski definition) is 2. The van der Waals surface area contributed by atoms with Gasteiger partial charge in [0.2, 0.25) is 11.8 Å². The number of alkyl halides is 3. The van der Waals surface area contributed by atoms with Crippen LogP contribution in [-0.2, 0) is 22.2 Å². The van der Waals surface area contributed by atoms with Crippen LogP contribution in [0.3, 0.4) is 0 Å². The molecule has 0 aliphatic carbocycles. The summed E-state index contributed by atoms with van der Waals surface area (Å²) in [5.41, 5.74) is -1.02. The monoisotopic (exact) mass is 388 g/mol. The highest BCUT2D eigenvalue weighted by Gasteiger charge is 2.34. The van der Waals surface area contributed by atoms with Crippen molar-refractivity contribution in [1.29, 1.82) is 0 Å². The molecule has 0 saturated carbocycles. The Kier molecular flexibility index (Phi) is 6.20. The Morgan fingerprint density at radius 3 is 2.27 bits per heavy atom. The van der Waals surface area contributed by atoms with Crippen molar-refractivity contribution in [2.45, 2.75) is 12.6 Å². The average Bonchev–Trinajstić information content (AvgIpc) is 2.56. The van der Waals surface area contributed by atoms with Crippen LogP contribution in [0.4, 0.5) is 23.2 Å². The topological polar surface area (TPSA) is 58.2 Å². The minimum atomic E-state index is -4.70. The number of anilines is 1. The zero-order valence-corrected chi connectivity index (χ0v) is 13.9. The number of nitrogens with one attached hydrogen (secondary N) is 2. The van der Waals surface area contributed by atoms with Gasteiger partial charge < -0.3 is 10.6 Å². The highest BCUT2D eigenvalue weighted by atomic mass is 35.5. The zero-order chi connectivity index (χ0) is 19.3. The van der Waals surface area contributed by atoms with E-state index in [4.69, 9.17) is 11.6 Å². The first-order valence-electron chi connectivity index (χ1n) is 7.33. The van der Waals surface area contributed by atoms with Gasteiger partial charge in [0.25, 0.3) is 0 Å². The van der Waals surface area contributed by atoms with Crippen molar-refractivity contribution in [3.05, 3.63) is 64.4 Å². The molecular formula is C17H13ClF4N2O2. The quantitative estimate of drug-likeness (QED) is 0.766. The van der Waals surface area contributed by atoms with Crippen molar-refractivity contribution in [2.24, 2.45) is 0 Å². The van der Waals surface area contributed by atoms with Crippen LogP contribution < -0.4 is 10.6 Å². The van der Waals surface area contributed by atoms with Gasteiger partial charge in [-0.15, -0.1) is 0 Å². The Hall–Kier alpha value is -2.61. The van der Waals surface area contributed by atoms with Crippen molar-refractivity contribution in [3.63, 3.8) is 0 Å². The molecule has 0 atom stereocenters.